The largest absolute Gasteiger partial charge is 0.362 e. The molecule has 4 bridgehead atoms. The van der Waals surface area contributed by atoms with Gasteiger partial charge in [-0.25, -0.2) is 9.97 Å². The molecule has 8 nitrogen and oxygen atoms in total. The first-order valence-electron chi connectivity index (χ1n) is 13.4. The molecule has 5 heterocycles. The number of nitrogens with one attached hydrogen (secondary N) is 2. The summed E-state index contributed by atoms with van der Waals surface area (Å²) in [5.41, 5.74) is 2.63. The highest BCUT2D eigenvalue weighted by Gasteiger charge is 2.41. The van der Waals surface area contributed by atoms with Gasteiger partial charge in [0.05, 0.1) is 28.9 Å². The van der Waals surface area contributed by atoms with Gasteiger partial charge in [0.25, 0.3) is 5.91 Å². The highest BCUT2D eigenvalue weighted by Crippen LogP contribution is 2.41. The molecule has 9 heteroatoms. The summed E-state index contributed by atoms with van der Waals surface area (Å²) < 4.78 is 2.99. The van der Waals surface area contributed by atoms with Crippen LogP contribution in [0.25, 0.3) is 0 Å². The lowest BCUT2D eigenvalue weighted by Gasteiger charge is -2.34. The predicted molar refractivity (Wildman–Crippen MR) is 155 cm³/mol. The molecule has 0 spiro atoms. The van der Waals surface area contributed by atoms with Gasteiger partial charge in [-0.05, 0) is 75.4 Å². The molecule has 1 fully saturated rings. The van der Waals surface area contributed by atoms with Crippen molar-refractivity contribution in [2.45, 2.75) is 75.9 Å². The van der Waals surface area contributed by atoms with Gasteiger partial charge in [0.1, 0.15) is 16.7 Å². The Labute approximate surface area is 234 Å². The minimum absolute atomic E-state index is 0.110. The molecule has 0 radical (unpaired) electrons. The van der Waals surface area contributed by atoms with Gasteiger partial charge in [0, 0.05) is 41.3 Å². The van der Waals surface area contributed by atoms with Crippen molar-refractivity contribution in [2.75, 3.05) is 16.8 Å². The normalized spacial score (nSPS) is 21.0. The maximum absolute atomic E-state index is 13.5. The van der Waals surface area contributed by atoms with Gasteiger partial charge >= 0.3 is 0 Å². The SMILES string of the molecule is CC(C)(C)c1ccc2c(n1)N1C[C@@H](CCC(c3cc(C#N)ccn3)Nc3cccc(n3)SNC2=O)CC1(C)C. The number of anilines is 2. The van der Waals surface area contributed by atoms with Gasteiger partial charge in [0.2, 0.25) is 0 Å². The summed E-state index contributed by atoms with van der Waals surface area (Å²) in [6.07, 6.45) is 4.45. The standard InChI is InChI=1S/C30H35N7OS/c1-29(2,3)24-12-10-21-27(34-24)37-18-20(16-30(37,4)5)9-11-22(23-15-19(17-31)13-14-32-23)33-25-7-6-8-26(35-25)39-36-28(21)38/h6-8,10,12-15,20,22H,9,11,16,18H2,1-5H3,(H,33,35)(H,36,38)/t20-,22?/m0/s1. The average Bonchev–Trinajstić information content (AvgIpc) is 3.22. The molecule has 5 rings (SSSR count). The van der Waals surface area contributed by atoms with Gasteiger partial charge in [-0.15, -0.1) is 0 Å². The van der Waals surface area contributed by atoms with Gasteiger partial charge in [0.15, 0.2) is 0 Å². The molecule has 1 unspecified atom stereocenters. The van der Waals surface area contributed by atoms with E-state index in [1.54, 1.807) is 12.3 Å². The van der Waals surface area contributed by atoms with Gasteiger partial charge in [-0.1, -0.05) is 26.8 Å². The molecule has 39 heavy (non-hydrogen) atoms. The van der Waals surface area contributed by atoms with Crippen LogP contribution < -0.4 is 14.9 Å². The molecule has 3 aromatic rings. The van der Waals surface area contributed by atoms with Gasteiger partial charge < -0.3 is 10.2 Å². The summed E-state index contributed by atoms with van der Waals surface area (Å²) in [5, 5.41) is 13.7. The smallest absolute Gasteiger partial charge is 0.265 e. The lowest BCUT2D eigenvalue weighted by Crippen LogP contribution is -2.40. The summed E-state index contributed by atoms with van der Waals surface area (Å²) in [7, 11) is 0. The lowest BCUT2D eigenvalue weighted by atomic mass is 9.90. The Hall–Kier alpha value is -3.64. The quantitative estimate of drug-likeness (QED) is 0.360. The predicted octanol–water partition coefficient (Wildman–Crippen LogP) is 6.03. The molecule has 1 saturated heterocycles. The fourth-order valence-corrected chi connectivity index (χ4v) is 6.09. The van der Waals surface area contributed by atoms with E-state index in [0.717, 1.165) is 43.0 Å². The summed E-state index contributed by atoms with van der Waals surface area (Å²) in [4.78, 5) is 30.3. The lowest BCUT2D eigenvalue weighted by molar-refractivity contribution is 0.0984. The van der Waals surface area contributed by atoms with Gasteiger partial charge in [-0.3, -0.25) is 14.5 Å². The van der Waals surface area contributed by atoms with E-state index < -0.39 is 0 Å². The Morgan fingerprint density at radius 2 is 1.95 bits per heavy atom. The minimum atomic E-state index is -0.187. The number of fused-ring (bicyclic) bond motifs is 6. The number of carbonyl (C=O) groups is 1. The Morgan fingerprint density at radius 1 is 1.13 bits per heavy atom. The molecule has 1 amide bonds. The second-order valence-electron chi connectivity index (χ2n) is 12.1. The van der Waals surface area contributed by atoms with Crippen molar-refractivity contribution in [1.82, 2.24) is 19.7 Å². The number of rotatable bonds is 1. The Kier molecular flexibility index (Phi) is 7.25. The zero-order valence-electron chi connectivity index (χ0n) is 23.2. The van der Waals surface area contributed by atoms with Crippen molar-refractivity contribution in [3.05, 3.63) is 71.2 Å². The van der Waals surface area contributed by atoms with Crippen molar-refractivity contribution in [2.24, 2.45) is 5.92 Å². The van der Waals surface area contributed by atoms with E-state index in [0.29, 0.717) is 27.9 Å². The van der Waals surface area contributed by atoms with Crippen LogP contribution >= 0.6 is 11.9 Å². The third-order valence-electron chi connectivity index (χ3n) is 7.53. The number of aromatic nitrogens is 3. The van der Waals surface area contributed by atoms with Crippen LogP contribution in [0.15, 0.2) is 53.7 Å². The highest BCUT2D eigenvalue weighted by atomic mass is 32.2. The molecule has 2 aliphatic heterocycles. The number of amides is 1. The van der Waals surface area contributed by atoms with E-state index in [1.165, 1.54) is 11.9 Å². The van der Waals surface area contributed by atoms with Crippen LogP contribution in [0.2, 0.25) is 0 Å². The van der Waals surface area contributed by atoms with E-state index in [9.17, 15) is 10.1 Å². The second-order valence-corrected chi connectivity index (χ2v) is 12.9. The van der Waals surface area contributed by atoms with Crippen molar-refractivity contribution in [3.63, 3.8) is 0 Å². The number of pyridine rings is 3. The highest BCUT2D eigenvalue weighted by molar-refractivity contribution is 7.97. The number of nitrogens with zero attached hydrogens (tertiary/aromatic N) is 5. The van der Waals surface area contributed by atoms with E-state index >= 15 is 0 Å². The number of carbonyl (C=O) groups excluding carboxylic acids is 1. The zero-order chi connectivity index (χ0) is 27.8. The van der Waals surface area contributed by atoms with Crippen molar-refractivity contribution in [3.8, 4) is 6.07 Å². The van der Waals surface area contributed by atoms with E-state index in [-0.39, 0.29) is 22.9 Å². The number of hydrogen-bond donors (Lipinski definition) is 2. The van der Waals surface area contributed by atoms with Crippen LogP contribution in [-0.4, -0.2) is 32.9 Å². The van der Waals surface area contributed by atoms with Crippen LogP contribution in [0.4, 0.5) is 11.6 Å². The fraction of sp³-hybridized carbons (Fsp3) is 0.433. The third kappa shape index (κ3) is 5.86. The summed E-state index contributed by atoms with van der Waals surface area (Å²) in [6, 6.07) is 15.3. The van der Waals surface area contributed by atoms with Crippen LogP contribution in [0.3, 0.4) is 0 Å². The molecule has 202 valence electrons. The molecular weight excluding hydrogens is 506 g/mol. The maximum atomic E-state index is 13.5. The first-order chi connectivity index (χ1) is 18.5. The van der Waals surface area contributed by atoms with E-state index in [1.807, 2.05) is 36.4 Å². The molecule has 2 atom stereocenters. The number of hydrogen-bond acceptors (Lipinski definition) is 8. The average molecular weight is 542 g/mol. The Bertz CT molecular complexity index is 1430. The topological polar surface area (TPSA) is 107 Å². The van der Waals surface area contributed by atoms with Crippen molar-refractivity contribution in [1.29, 1.82) is 5.26 Å². The maximum Gasteiger partial charge on any atom is 0.265 e. The van der Waals surface area contributed by atoms with Crippen LogP contribution in [0.5, 0.6) is 0 Å². The zero-order valence-corrected chi connectivity index (χ0v) is 24.0. The van der Waals surface area contributed by atoms with Gasteiger partial charge in [-0.2, -0.15) is 5.26 Å². The molecule has 0 aliphatic carbocycles. The molecule has 2 N–H and O–H groups in total. The molecule has 0 saturated carbocycles. The molecule has 2 aliphatic rings. The third-order valence-corrected chi connectivity index (χ3v) is 8.25. The first-order valence-corrected chi connectivity index (χ1v) is 14.2. The van der Waals surface area contributed by atoms with E-state index in [4.69, 9.17) is 9.97 Å². The Morgan fingerprint density at radius 3 is 2.72 bits per heavy atom. The molecule has 3 aromatic heterocycles. The monoisotopic (exact) mass is 541 g/mol. The molecular formula is C30H35N7OS. The van der Waals surface area contributed by atoms with Crippen LogP contribution in [0.1, 0.15) is 87.2 Å². The van der Waals surface area contributed by atoms with Crippen LogP contribution in [-0.2, 0) is 5.41 Å². The second kappa shape index (κ2) is 10.5. The minimum Gasteiger partial charge on any atom is -0.362 e. The fourth-order valence-electron chi connectivity index (χ4n) is 5.49. The number of nitriles is 1. The van der Waals surface area contributed by atoms with Crippen LogP contribution in [0, 0.1) is 17.2 Å². The summed E-state index contributed by atoms with van der Waals surface area (Å²) >= 11 is 1.19. The first kappa shape index (κ1) is 26.9. The Balaban J connectivity index is 1.56. The summed E-state index contributed by atoms with van der Waals surface area (Å²) in [5.74, 6) is 1.65. The molecule has 0 aromatic carbocycles. The van der Waals surface area contributed by atoms with Crippen molar-refractivity contribution >= 4 is 29.5 Å². The van der Waals surface area contributed by atoms with Crippen molar-refractivity contribution < 1.29 is 4.79 Å². The van der Waals surface area contributed by atoms with E-state index in [2.05, 4.69) is 60.6 Å². The summed E-state index contributed by atoms with van der Waals surface area (Å²) in [6.45, 7) is 11.7.